The van der Waals surface area contributed by atoms with Crippen LogP contribution in [0.1, 0.15) is 37.6 Å². The second-order valence-corrected chi connectivity index (χ2v) is 4.16. The van der Waals surface area contributed by atoms with Gasteiger partial charge in [0.15, 0.2) is 0 Å². The molecule has 1 unspecified atom stereocenters. The van der Waals surface area contributed by atoms with Crippen LogP contribution in [0.2, 0.25) is 0 Å². The maximum absolute atomic E-state index is 12.1. The molecule has 0 saturated heterocycles. The first-order chi connectivity index (χ1) is 8.99. The smallest absolute Gasteiger partial charge is 0.288 e. The summed E-state index contributed by atoms with van der Waals surface area (Å²) >= 11 is 0. The molecule has 19 heavy (non-hydrogen) atoms. The van der Waals surface area contributed by atoms with Gasteiger partial charge in [-0.2, -0.15) is 0 Å². The molecule has 0 saturated carbocycles. The second kappa shape index (κ2) is 6.67. The Morgan fingerprint density at radius 3 is 2.74 bits per heavy atom. The maximum Gasteiger partial charge on any atom is 0.288 e. The summed E-state index contributed by atoms with van der Waals surface area (Å²) in [6.45, 7) is 6.26. The minimum Gasteiger partial charge on any atom is -0.370 e. The lowest BCUT2D eigenvalue weighted by atomic mass is 10.2. The van der Waals surface area contributed by atoms with Crippen molar-refractivity contribution in [3.8, 4) is 0 Å². The van der Waals surface area contributed by atoms with Gasteiger partial charge in [-0.05, 0) is 20.3 Å². The largest absolute Gasteiger partial charge is 0.370 e. The lowest BCUT2D eigenvalue weighted by molar-refractivity contribution is -0.385. The minimum absolute atomic E-state index is 0.00115. The summed E-state index contributed by atoms with van der Waals surface area (Å²) < 4.78 is 0. The van der Waals surface area contributed by atoms with E-state index in [4.69, 9.17) is 0 Å². The fourth-order valence-corrected chi connectivity index (χ4v) is 1.44. The number of anilines is 1. The number of nitrogens with zero attached hydrogens (tertiary/aromatic N) is 2. The summed E-state index contributed by atoms with van der Waals surface area (Å²) in [7, 11) is 0. The van der Waals surface area contributed by atoms with E-state index in [-0.39, 0.29) is 23.2 Å². The molecule has 0 aliphatic heterocycles. The number of rotatable bonds is 6. The van der Waals surface area contributed by atoms with Gasteiger partial charge in [0, 0.05) is 18.7 Å². The molecule has 1 rings (SSSR count). The monoisotopic (exact) mass is 266 g/mol. The van der Waals surface area contributed by atoms with Crippen LogP contribution in [0.4, 0.5) is 11.5 Å². The van der Waals surface area contributed by atoms with E-state index in [1.54, 1.807) is 0 Å². The van der Waals surface area contributed by atoms with E-state index in [9.17, 15) is 14.9 Å². The van der Waals surface area contributed by atoms with Gasteiger partial charge in [-0.1, -0.05) is 6.92 Å². The number of hydrogen-bond donors (Lipinski definition) is 2. The highest BCUT2D eigenvalue weighted by atomic mass is 16.6. The Bertz CT molecular complexity index is 476. The normalized spacial score (nSPS) is 11.7. The van der Waals surface area contributed by atoms with Crippen LogP contribution in [0.3, 0.4) is 0 Å². The van der Waals surface area contributed by atoms with Gasteiger partial charge in [-0.15, -0.1) is 0 Å². The molecule has 0 spiro atoms. The predicted octanol–water partition coefficient (Wildman–Crippen LogP) is 1.95. The first-order valence-electron chi connectivity index (χ1n) is 6.18. The summed E-state index contributed by atoms with van der Waals surface area (Å²) in [4.78, 5) is 26.2. The lowest BCUT2D eigenvalue weighted by Gasteiger charge is -2.13. The minimum atomic E-state index is -0.567. The maximum atomic E-state index is 12.1. The third-order valence-corrected chi connectivity index (χ3v) is 2.66. The van der Waals surface area contributed by atoms with Crippen molar-refractivity contribution >= 4 is 17.4 Å². The zero-order valence-corrected chi connectivity index (χ0v) is 11.3. The van der Waals surface area contributed by atoms with E-state index >= 15 is 0 Å². The molecule has 1 aromatic heterocycles. The van der Waals surface area contributed by atoms with Crippen molar-refractivity contribution in [3.05, 3.63) is 27.9 Å². The lowest BCUT2D eigenvalue weighted by Crippen LogP contribution is -2.32. The molecule has 1 aromatic rings. The molecule has 1 atom stereocenters. The van der Waals surface area contributed by atoms with Gasteiger partial charge in [0.1, 0.15) is 12.0 Å². The van der Waals surface area contributed by atoms with Gasteiger partial charge in [-0.3, -0.25) is 14.9 Å². The highest BCUT2D eigenvalue weighted by Gasteiger charge is 2.18. The number of hydrogen-bond acceptors (Lipinski definition) is 5. The quantitative estimate of drug-likeness (QED) is 0.606. The van der Waals surface area contributed by atoms with E-state index in [0.29, 0.717) is 12.4 Å². The fourth-order valence-electron chi connectivity index (χ4n) is 1.44. The number of carbonyl (C=O) groups is 1. The van der Waals surface area contributed by atoms with Crippen LogP contribution in [0.5, 0.6) is 0 Å². The zero-order chi connectivity index (χ0) is 14.4. The Kier molecular flexibility index (Phi) is 5.23. The first kappa shape index (κ1) is 14.9. The molecule has 104 valence electrons. The molecule has 2 N–H and O–H groups in total. The Morgan fingerprint density at radius 2 is 2.21 bits per heavy atom. The molecule has 7 nitrogen and oxygen atoms in total. The van der Waals surface area contributed by atoms with E-state index in [0.717, 1.165) is 12.6 Å². The third kappa shape index (κ3) is 3.90. The SMILES string of the molecule is CCNc1ncc([N+](=O)[O-])cc1C(=O)NC(C)CC. The van der Waals surface area contributed by atoms with Crippen molar-refractivity contribution in [1.29, 1.82) is 0 Å². The first-order valence-corrected chi connectivity index (χ1v) is 6.18. The van der Waals surface area contributed by atoms with Crippen molar-refractivity contribution in [2.45, 2.75) is 33.2 Å². The molecule has 0 aliphatic rings. The zero-order valence-electron chi connectivity index (χ0n) is 11.3. The van der Waals surface area contributed by atoms with E-state index in [1.807, 2.05) is 20.8 Å². The van der Waals surface area contributed by atoms with Crippen molar-refractivity contribution in [2.24, 2.45) is 0 Å². The molecule has 1 amide bonds. The Labute approximate surface area is 111 Å². The predicted molar refractivity (Wildman–Crippen MR) is 72.3 cm³/mol. The van der Waals surface area contributed by atoms with Gasteiger partial charge in [0.25, 0.3) is 11.6 Å². The third-order valence-electron chi connectivity index (χ3n) is 2.66. The standard InChI is InChI=1S/C12H18N4O3/c1-4-8(3)15-12(17)10-6-9(16(18)19)7-14-11(10)13-5-2/h6-8H,4-5H2,1-3H3,(H,13,14)(H,15,17). The van der Waals surface area contributed by atoms with Gasteiger partial charge in [0.05, 0.1) is 10.5 Å². The molecule has 0 aromatic carbocycles. The van der Waals surface area contributed by atoms with Crippen molar-refractivity contribution in [3.63, 3.8) is 0 Å². The number of pyridine rings is 1. The molecule has 1 heterocycles. The van der Waals surface area contributed by atoms with Crippen molar-refractivity contribution < 1.29 is 9.72 Å². The molecule has 0 aliphatic carbocycles. The van der Waals surface area contributed by atoms with E-state index in [2.05, 4.69) is 15.6 Å². The van der Waals surface area contributed by atoms with E-state index < -0.39 is 4.92 Å². The fraction of sp³-hybridized carbons (Fsp3) is 0.500. The van der Waals surface area contributed by atoms with Crippen LogP contribution < -0.4 is 10.6 Å². The van der Waals surface area contributed by atoms with Crippen LogP contribution in [-0.2, 0) is 0 Å². The summed E-state index contributed by atoms with van der Waals surface area (Å²) in [6.07, 6.45) is 1.92. The summed E-state index contributed by atoms with van der Waals surface area (Å²) in [6, 6.07) is 1.24. The Balaban J connectivity index is 3.09. The van der Waals surface area contributed by atoms with Crippen molar-refractivity contribution in [2.75, 3.05) is 11.9 Å². The molecular weight excluding hydrogens is 248 g/mol. The molecule has 0 bridgehead atoms. The Hall–Kier alpha value is -2.18. The van der Waals surface area contributed by atoms with Gasteiger partial charge >= 0.3 is 0 Å². The van der Waals surface area contributed by atoms with Gasteiger partial charge in [0.2, 0.25) is 0 Å². The van der Waals surface area contributed by atoms with Crippen LogP contribution in [0.15, 0.2) is 12.3 Å². The molecular formula is C12H18N4O3. The molecule has 0 radical (unpaired) electrons. The van der Waals surface area contributed by atoms with Crippen molar-refractivity contribution in [1.82, 2.24) is 10.3 Å². The number of nitrogens with one attached hydrogen (secondary N) is 2. The summed E-state index contributed by atoms with van der Waals surface area (Å²) in [5.74, 6) is -0.00426. The van der Waals surface area contributed by atoms with Gasteiger partial charge < -0.3 is 10.6 Å². The summed E-state index contributed by atoms with van der Waals surface area (Å²) in [5.41, 5.74) is -0.00713. The van der Waals surface area contributed by atoms with Crippen LogP contribution in [0, 0.1) is 10.1 Å². The molecule has 0 fully saturated rings. The van der Waals surface area contributed by atoms with Crippen LogP contribution in [-0.4, -0.2) is 28.4 Å². The van der Waals surface area contributed by atoms with Crippen LogP contribution in [0.25, 0.3) is 0 Å². The average molecular weight is 266 g/mol. The summed E-state index contributed by atoms with van der Waals surface area (Å²) in [5, 5.41) is 16.4. The molecule has 7 heteroatoms. The average Bonchev–Trinajstić information content (AvgIpc) is 2.38. The Morgan fingerprint density at radius 1 is 1.53 bits per heavy atom. The van der Waals surface area contributed by atoms with Crippen LogP contribution >= 0.6 is 0 Å². The number of aromatic nitrogens is 1. The number of amides is 1. The topological polar surface area (TPSA) is 97.2 Å². The van der Waals surface area contributed by atoms with Gasteiger partial charge in [-0.25, -0.2) is 4.98 Å². The number of carbonyl (C=O) groups excluding carboxylic acids is 1. The highest BCUT2D eigenvalue weighted by Crippen LogP contribution is 2.19. The highest BCUT2D eigenvalue weighted by molar-refractivity contribution is 5.99. The number of nitro groups is 1. The second-order valence-electron chi connectivity index (χ2n) is 4.16. The van der Waals surface area contributed by atoms with E-state index in [1.165, 1.54) is 6.07 Å².